The maximum Gasteiger partial charge on any atom is 0.322 e. The summed E-state index contributed by atoms with van der Waals surface area (Å²) in [5, 5.41) is 14.3. The van der Waals surface area contributed by atoms with E-state index in [2.05, 4.69) is 10.3 Å². The Bertz CT molecular complexity index is 764. The van der Waals surface area contributed by atoms with E-state index in [4.69, 9.17) is 23.2 Å². The van der Waals surface area contributed by atoms with Crippen LogP contribution in [-0.4, -0.2) is 26.8 Å². The molecule has 2 unspecified atom stereocenters. The molecule has 8 heteroatoms. The number of nitrogens with one attached hydrogen (secondary N) is 1. The Kier molecular flexibility index (Phi) is 4.64. The first-order valence-corrected chi connectivity index (χ1v) is 9.31. The summed E-state index contributed by atoms with van der Waals surface area (Å²) >= 11 is 15.2. The van der Waals surface area contributed by atoms with Crippen molar-refractivity contribution in [2.45, 2.75) is 30.0 Å². The minimum atomic E-state index is -0.845. The van der Waals surface area contributed by atoms with Gasteiger partial charge in [0.05, 0.1) is 9.90 Å². The van der Waals surface area contributed by atoms with Gasteiger partial charge in [0, 0.05) is 21.5 Å². The highest BCUT2D eigenvalue weighted by Gasteiger charge is 2.46. The first-order valence-electron chi connectivity index (χ1n) is 6.86. The maximum absolute atomic E-state index is 11.4. The number of hydrogen-bond acceptors (Lipinski definition) is 5. The third kappa shape index (κ3) is 3.37. The Labute approximate surface area is 152 Å². The minimum absolute atomic E-state index is 0.143. The Balaban J connectivity index is 1.87. The second kappa shape index (κ2) is 6.26. The van der Waals surface area contributed by atoms with E-state index in [1.807, 2.05) is 19.9 Å². The van der Waals surface area contributed by atoms with E-state index in [9.17, 15) is 9.90 Å². The van der Waals surface area contributed by atoms with Crippen molar-refractivity contribution in [3.63, 3.8) is 0 Å². The van der Waals surface area contributed by atoms with Crippen LogP contribution in [0.2, 0.25) is 10.0 Å². The fourth-order valence-electron chi connectivity index (χ4n) is 2.47. The molecule has 1 aromatic carbocycles. The van der Waals surface area contributed by atoms with Crippen LogP contribution in [0.5, 0.6) is 0 Å². The van der Waals surface area contributed by atoms with Crippen LogP contribution in [0.1, 0.15) is 24.2 Å². The molecule has 2 N–H and O–H groups in total. The van der Waals surface area contributed by atoms with Crippen LogP contribution in [0.25, 0.3) is 10.4 Å². The van der Waals surface area contributed by atoms with Gasteiger partial charge < -0.3 is 5.11 Å². The van der Waals surface area contributed by atoms with Gasteiger partial charge in [0.2, 0.25) is 0 Å². The molecule has 2 heterocycles. The van der Waals surface area contributed by atoms with Crippen molar-refractivity contribution in [1.29, 1.82) is 0 Å². The number of nitrogens with zero attached hydrogens (tertiary/aromatic N) is 1. The summed E-state index contributed by atoms with van der Waals surface area (Å²) in [5.41, 5.74) is 0.872. The van der Waals surface area contributed by atoms with Crippen molar-refractivity contribution in [3.8, 4) is 10.4 Å². The summed E-state index contributed by atoms with van der Waals surface area (Å²) < 4.78 is -0.403. The molecule has 0 aliphatic carbocycles. The smallest absolute Gasteiger partial charge is 0.322 e. The lowest BCUT2D eigenvalue weighted by Crippen LogP contribution is -2.43. The van der Waals surface area contributed by atoms with E-state index in [0.717, 1.165) is 15.4 Å². The Morgan fingerprint density at radius 1 is 1.39 bits per heavy atom. The average molecular weight is 389 g/mol. The molecule has 1 fully saturated rings. The molecule has 0 radical (unpaired) electrons. The zero-order valence-corrected chi connectivity index (χ0v) is 15.5. The van der Waals surface area contributed by atoms with E-state index < -0.39 is 16.8 Å². The molecule has 0 saturated carbocycles. The lowest BCUT2D eigenvalue weighted by atomic mass is 10.0. The van der Waals surface area contributed by atoms with E-state index in [1.54, 1.807) is 30.1 Å². The van der Waals surface area contributed by atoms with Crippen molar-refractivity contribution in [2.75, 3.05) is 0 Å². The van der Waals surface area contributed by atoms with Crippen molar-refractivity contribution < 1.29 is 9.90 Å². The zero-order valence-electron chi connectivity index (χ0n) is 12.3. The number of aliphatic carboxylic acids is 1. The van der Waals surface area contributed by atoms with Gasteiger partial charge in [-0.05, 0) is 26.0 Å². The van der Waals surface area contributed by atoms with Gasteiger partial charge in [-0.3, -0.25) is 10.1 Å². The molecule has 1 aliphatic heterocycles. The fraction of sp³-hybridized carbons (Fsp3) is 0.333. The van der Waals surface area contributed by atoms with Crippen LogP contribution < -0.4 is 5.32 Å². The topological polar surface area (TPSA) is 62.2 Å². The fourth-order valence-corrected chi connectivity index (χ4v) is 5.50. The SMILES string of the molecule is CC1(C)SC(c2ncc(-c3ccc(Cl)cc3Cl)s2)NC1C(=O)O. The van der Waals surface area contributed by atoms with E-state index >= 15 is 0 Å². The molecule has 0 bridgehead atoms. The number of carbonyl (C=O) groups is 1. The molecule has 3 rings (SSSR count). The van der Waals surface area contributed by atoms with Gasteiger partial charge >= 0.3 is 5.97 Å². The molecule has 122 valence electrons. The molecular formula is C15H14Cl2N2O2S2. The molecule has 0 amide bonds. The Hall–Kier alpha value is -0.790. The lowest BCUT2D eigenvalue weighted by molar-refractivity contribution is -0.139. The predicted molar refractivity (Wildman–Crippen MR) is 96.5 cm³/mol. The number of thioether (sulfide) groups is 1. The third-order valence-corrected chi connectivity index (χ3v) is 6.86. The van der Waals surface area contributed by atoms with Gasteiger partial charge in [0.25, 0.3) is 0 Å². The predicted octanol–water partition coefficient (Wildman–Crippen LogP) is 4.68. The largest absolute Gasteiger partial charge is 0.480 e. The lowest BCUT2D eigenvalue weighted by Gasteiger charge is -2.20. The molecular weight excluding hydrogens is 375 g/mol. The summed E-state index contributed by atoms with van der Waals surface area (Å²) in [6, 6.07) is 4.74. The highest BCUT2D eigenvalue weighted by Crippen LogP contribution is 2.47. The monoisotopic (exact) mass is 388 g/mol. The number of thiazole rings is 1. The number of carboxylic acids is 1. The molecule has 2 aromatic rings. The highest BCUT2D eigenvalue weighted by atomic mass is 35.5. The number of hydrogen-bond donors (Lipinski definition) is 2. The van der Waals surface area contributed by atoms with Gasteiger partial charge in [-0.25, -0.2) is 4.98 Å². The van der Waals surface area contributed by atoms with Gasteiger partial charge in [-0.1, -0.05) is 29.3 Å². The summed E-state index contributed by atoms with van der Waals surface area (Å²) in [6.45, 7) is 3.85. The van der Waals surface area contributed by atoms with Gasteiger partial charge in [-0.2, -0.15) is 0 Å². The van der Waals surface area contributed by atoms with Crippen LogP contribution in [0.3, 0.4) is 0 Å². The first kappa shape index (κ1) is 17.0. The van der Waals surface area contributed by atoms with Crippen LogP contribution >= 0.6 is 46.3 Å². The third-order valence-electron chi connectivity index (χ3n) is 3.63. The number of benzene rings is 1. The maximum atomic E-state index is 11.4. The summed E-state index contributed by atoms with van der Waals surface area (Å²) in [6.07, 6.45) is 1.76. The molecule has 23 heavy (non-hydrogen) atoms. The van der Waals surface area contributed by atoms with Crippen molar-refractivity contribution >= 4 is 52.3 Å². The van der Waals surface area contributed by atoms with Gasteiger partial charge in [-0.15, -0.1) is 23.1 Å². The summed E-state index contributed by atoms with van der Waals surface area (Å²) in [4.78, 5) is 16.8. The quantitative estimate of drug-likeness (QED) is 0.798. The molecule has 1 saturated heterocycles. The Morgan fingerprint density at radius 3 is 2.74 bits per heavy atom. The van der Waals surface area contributed by atoms with Crippen LogP contribution in [0.15, 0.2) is 24.4 Å². The van der Waals surface area contributed by atoms with Crippen LogP contribution in [0.4, 0.5) is 0 Å². The molecule has 1 aliphatic rings. The molecule has 1 aromatic heterocycles. The van der Waals surface area contributed by atoms with E-state index in [0.29, 0.717) is 10.0 Å². The standard InChI is InChI=1S/C15H14Cl2N2O2S2/c1-15(2)11(14(20)21)19-13(23-15)12-18-6-10(22-12)8-4-3-7(16)5-9(8)17/h3-6,11,13,19H,1-2H3,(H,20,21). The number of aromatic nitrogens is 1. The van der Waals surface area contributed by atoms with Crippen molar-refractivity contribution in [2.24, 2.45) is 0 Å². The molecule has 0 spiro atoms. The number of halogens is 2. The number of rotatable bonds is 3. The highest BCUT2D eigenvalue weighted by molar-refractivity contribution is 8.01. The second-order valence-electron chi connectivity index (χ2n) is 5.73. The summed E-state index contributed by atoms with van der Waals surface area (Å²) in [5.74, 6) is -0.845. The normalized spacial score (nSPS) is 23.1. The van der Waals surface area contributed by atoms with Gasteiger partial charge in [0.1, 0.15) is 16.4 Å². The Morgan fingerprint density at radius 2 is 2.13 bits per heavy atom. The van der Waals surface area contributed by atoms with Gasteiger partial charge in [0.15, 0.2) is 0 Å². The van der Waals surface area contributed by atoms with Crippen LogP contribution in [-0.2, 0) is 4.79 Å². The zero-order chi connectivity index (χ0) is 16.8. The van der Waals surface area contributed by atoms with E-state index in [1.165, 1.54) is 11.3 Å². The second-order valence-corrected chi connectivity index (χ2v) is 9.39. The molecule has 2 atom stereocenters. The van der Waals surface area contributed by atoms with E-state index in [-0.39, 0.29) is 5.37 Å². The first-order chi connectivity index (χ1) is 10.8. The average Bonchev–Trinajstić information content (AvgIpc) is 3.02. The molecule has 4 nitrogen and oxygen atoms in total. The van der Waals surface area contributed by atoms with Crippen molar-refractivity contribution in [3.05, 3.63) is 39.4 Å². The minimum Gasteiger partial charge on any atom is -0.480 e. The number of carboxylic acid groups (broad SMARTS) is 1. The van der Waals surface area contributed by atoms with Crippen molar-refractivity contribution in [1.82, 2.24) is 10.3 Å². The van der Waals surface area contributed by atoms with Crippen LogP contribution in [0, 0.1) is 0 Å². The summed E-state index contributed by atoms with van der Waals surface area (Å²) in [7, 11) is 0.